The van der Waals surface area contributed by atoms with Crippen LogP contribution in [0.25, 0.3) is 0 Å². The molecule has 2 unspecified atom stereocenters. The SMILES string of the molecule is OC(COCC(O)Cc1c(Br)c(Br)c(Br)c(Br)c1Br)Cc1c(Br)c(Br)c(Br)c(Br)c1Br. The van der Waals surface area contributed by atoms with Crippen molar-refractivity contribution in [1.82, 2.24) is 0 Å². The van der Waals surface area contributed by atoms with Crippen LogP contribution in [-0.2, 0) is 17.6 Å². The second-order valence-corrected chi connectivity index (χ2v) is 14.3. The molecule has 0 bridgehead atoms. The summed E-state index contributed by atoms with van der Waals surface area (Å²) in [5.74, 6) is 0. The fourth-order valence-corrected chi connectivity index (χ4v) is 9.49. The van der Waals surface area contributed by atoms with Crippen LogP contribution in [0.4, 0.5) is 0 Å². The van der Waals surface area contributed by atoms with Crippen LogP contribution in [0.1, 0.15) is 11.1 Å². The molecule has 2 aromatic carbocycles. The third kappa shape index (κ3) is 7.56. The van der Waals surface area contributed by atoms with Crippen LogP contribution in [0.15, 0.2) is 44.7 Å². The zero-order chi connectivity index (χ0) is 23.6. The average Bonchev–Trinajstić information content (AvgIpc) is 2.74. The highest BCUT2D eigenvalue weighted by molar-refractivity contribution is 9.16. The summed E-state index contributed by atoms with van der Waals surface area (Å²) in [5, 5.41) is 20.9. The monoisotopic (exact) mass is 1070 g/mol. The minimum absolute atomic E-state index is 0.0946. The first-order valence-electron chi connectivity index (χ1n) is 8.32. The smallest absolute Gasteiger partial charge is 0.0814 e. The number of ether oxygens (including phenoxy) is 1. The Hall–Kier alpha value is 3.12. The van der Waals surface area contributed by atoms with Crippen molar-refractivity contribution in [2.75, 3.05) is 13.2 Å². The van der Waals surface area contributed by atoms with Gasteiger partial charge in [0.1, 0.15) is 0 Å². The fourth-order valence-electron chi connectivity index (χ4n) is 2.59. The van der Waals surface area contributed by atoms with Gasteiger partial charge in [-0.1, -0.05) is 0 Å². The van der Waals surface area contributed by atoms with Crippen LogP contribution >= 0.6 is 159 Å². The minimum Gasteiger partial charge on any atom is -0.390 e. The molecule has 13 heteroatoms. The highest BCUT2D eigenvalue weighted by atomic mass is 79.9. The summed E-state index contributed by atoms with van der Waals surface area (Å²) < 4.78 is 14.1. The highest BCUT2D eigenvalue weighted by Crippen LogP contribution is 2.46. The molecule has 172 valence electrons. The lowest BCUT2D eigenvalue weighted by atomic mass is 10.1. The van der Waals surface area contributed by atoms with E-state index in [9.17, 15) is 10.2 Å². The van der Waals surface area contributed by atoms with E-state index in [1.165, 1.54) is 0 Å². The van der Waals surface area contributed by atoms with Gasteiger partial charge in [0.15, 0.2) is 0 Å². The third-order valence-corrected chi connectivity index (χ3v) is 16.6. The first-order valence-corrected chi connectivity index (χ1v) is 16.3. The standard InChI is InChI=1S/C18H12Br10O3/c19-9-7(10(20)14(24)17(27)13(9)23)1-5(29)3-31-4-6(30)2-8-11(21)15(25)18(28)16(26)12(8)22/h5-6,29-30H,1-4H2. The Balaban J connectivity index is 1.98. The lowest BCUT2D eigenvalue weighted by Gasteiger charge is -2.19. The van der Waals surface area contributed by atoms with E-state index < -0.39 is 12.2 Å². The second kappa shape index (κ2) is 13.6. The van der Waals surface area contributed by atoms with E-state index in [1.54, 1.807) is 0 Å². The molecule has 0 radical (unpaired) electrons. The summed E-state index contributed by atoms with van der Waals surface area (Å²) in [5.41, 5.74) is 1.80. The Morgan fingerprint density at radius 3 is 0.935 bits per heavy atom. The van der Waals surface area contributed by atoms with E-state index in [2.05, 4.69) is 159 Å². The van der Waals surface area contributed by atoms with Gasteiger partial charge in [-0.3, -0.25) is 0 Å². The molecule has 2 rings (SSSR count). The Bertz CT molecular complexity index is 847. The molecule has 0 saturated carbocycles. The average molecular weight is 1080 g/mol. The second-order valence-electron chi connectivity index (χ2n) is 6.35. The van der Waals surface area contributed by atoms with Gasteiger partial charge in [0, 0.05) is 57.6 Å². The Morgan fingerprint density at radius 2 is 0.677 bits per heavy atom. The molecule has 0 aliphatic rings. The molecule has 0 amide bonds. The van der Waals surface area contributed by atoms with E-state index in [4.69, 9.17) is 4.74 Å². The van der Waals surface area contributed by atoms with Gasteiger partial charge in [-0.2, -0.15) is 0 Å². The maximum atomic E-state index is 10.5. The van der Waals surface area contributed by atoms with Crippen LogP contribution in [0.5, 0.6) is 0 Å². The Labute approximate surface area is 264 Å². The topological polar surface area (TPSA) is 49.7 Å². The van der Waals surface area contributed by atoms with Crippen molar-refractivity contribution in [2.24, 2.45) is 0 Å². The molecule has 2 N–H and O–H groups in total. The molecule has 0 saturated heterocycles. The molecule has 2 atom stereocenters. The molecule has 2 aromatic rings. The number of aliphatic hydroxyl groups is 2. The molecule has 3 nitrogen and oxygen atoms in total. The number of benzene rings is 2. The third-order valence-electron chi connectivity index (χ3n) is 4.10. The molecule has 0 aliphatic heterocycles. The van der Waals surface area contributed by atoms with Crippen molar-refractivity contribution in [1.29, 1.82) is 0 Å². The Morgan fingerprint density at radius 1 is 0.452 bits per heavy atom. The summed E-state index contributed by atoms with van der Waals surface area (Å²) in [6.45, 7) is 0.189. The van der Waals surface area contributed by atoms with Gasteiger partial charge >= 0.3 is 0 Å². The van der Waals surface area contributed by atoms with Gasteiger partial charge in [0.05, 0.1) is 25.4 Å². The van der Waals surface area contributed by atoms with Crippen molar-refractivity contribution < 1.29 is 14.9 Å². The largest absolute Gasteiger partial charge is 0.390 e. The summed E-state index contributed by atoms with van der Waals surface area (Å²) in [4.78, 5) is 0. The summed E-state index contributed by atoms with van der Waals surface area (Å²) in [7, 11) is 0. The van der Waals surface area contributed by atoms with E-state index in [1.807, 2.05) is 0 Å². The maximum absolute atomic E-state index is 10.5. The quantitative estimate of drug-likeness (QED) is 0.205. The van der Waals surface area contributed by atoms with E-state index in [0.717, 1.165) is 55.9 Å². The van der Waals surface area contributed by atoms with Crippen LogP contribution in [0.2, 0.25) is 0 Å². The maximum Gasteiger partial charge on any atom is 0.0814 e. The number of hydrogen-bond donors (Lipinski definition) is 2. The zero-order valence-electron chi connectivity index (χ0n) is 15.1. The van der Waals surface area contributed by atoms with Crippen molar-refractivity contribution in [3.63, 3.8) is 0 Å². The summed E-state index contributed by atoms with van der Waals surface area (Å²) >= 11 is 35.4. The molecule has 0 heterocycles. The first-order chi connectivity index (χ1) is 14.4. The van der Waals surface area contributed by atoms with Crippen molar-refractivity contribution in [2.45, 2.75) is 25.0 Å². The van der Waals surface area contributed by atoms with E-state index >= 15 is 0 Å². The van der Waals surface area contributed by atoms with E-state index in [0.29, 0.717) is 12.8 Å². The van der Waals surface area contributed by atoms with Gasteiger partial charge in [0.2, 0.25) is 0 Å². The molecular formula is C18H12Br10O3. The first kappa shape index (κ1) is 30.3. The van der Waals surface area contributed by atoms with Gasteiger partial charge in [-0.25, -0.2) is 0 Å². The van der Waals surface area contributed by atoms with Gasteiger partial charge in [-0.05, 0) is 170 Å². The molecule has 31 heavy (non-hydrogen) atoms. The van der Waals surface area contributed by atoms with Gasteiger partial charge < -0.3 is 14.9 Å². The van der Waals surface area contributed by atoms with Crippen LogP contribution in [-0.4, -0.2) is 35.6 Å². The Kier molecular flexibility index (Phi) is 13.3. The van der Waals surface area contributed by atoms with Crippen molar-refractivity contribution in [3.8, 4) is 0 Å². The van der Waals surface area contributed by atoms with Crippen molar-refractivity contribution >= 4 is 159 Å². The molecule has 0 spiro atoms. The number of aliphatic hydroxyl groups excluding tert-OH is 2. The number of hydrogen-bond acceptors (Lipinski definition) is 3. The normalized spacial score (nSPS) is 13.5. The van der Waals surface area contributed by atoms with Crippen LogP contribution in [0, 0.1) is 0 Å². The molecule has 0 aromatic heterocycles. The summed E-state index contributed by atoms with van der Waals surface area (Å²) in [6, 6.07) is 0. The van der Waals surface area contributed by atoms with Crippen molar-refractivity contribution in [3.05, 3.63) is 55.9 Å². The van der Waals surface area contributed by atoms with E-state index in [-0.39, 0.29) is 13.2 Å². The molecular weight excluding hydrogens is 1060 g/mol. The van der Waals surface area contributed by atoms with Gasteiger partial charge in [0.25, 0.3) is 0 Å². The summed E-state index contributed by atoms with van der Waals surface area (Å²) in [6.07, 6.45) is -0.750. The predicted octanol–water partition coefficient (Wildman–Crippen LogP) is 9.84. The highest BCUT2D eigenvalue weighted by Gasteiger charge is 2.22. The minimum atomic E-state index is -0.741. The molecule has 0 fully saturated rings. The van der Waals surface area contributed by atoms with Crippen LogP contribution < -0.4 is 0 Å². The molecule has 0 aliphatic carbocycles. The lowest BCUT2D eigenvalue weighted by molar-refractivity contribution is -0.00687. The van der Waals surface area contributed by atoms with Gasteiger partial charge in [-0.15, -0.1) is 0 Å². The number of rotatable bonds is 8. The predicted molar refractivity (Wildman–Crippen MR) is 160 cm³/mol. The number of halogens is 10. The van der Waals surface area contributed by atoms with Crippen LogP contribution in [0.3, 0.4) is 0 Å². The fraction of sp³-hybridized carbons (Fsp3) is 0.333. The zero-order valence-corrected chi connectivity index (χ0v) is 30.9. The lowest BCUT2D eigenvalue weighted by Crippen LogP contribution is -2.24.